The summed E-state index contributed by atoms with van der Waals surface area (Å²) in [5.74, 6) is -2.93. The van der Waals surface area contributed by atoms with Crippen molar-refractivity contribution in [1.82, 2.24) is 4.31 Å². The molecule has 1 fully saturated rings. The normalized spacial score (nSPS) is 17.8. The van der Waals surface area contributed by atoms with E-state index in [1.165, 1.54) is 10.4 Å². The number of aryl methyl sites for hydroxylation is 1. The third kappa shape index (κ3) is 5.83. The van der Waals surface area contributed by atoms with Crippen LogP contribution in [0.4, 0.5) is 14.5 Å². The first kappa shape index (κ1) is 21.4. The Bertz CT molecular complexity index is 952. The molecule has 1 aliphatic rings. The van der Waals surface area contributed by atoms with Crippen molar-refractivity contribution in [2.24, 2.45) is 5.92 Å². The van der Waals surface area contributed by atoms with Crippen LogP contribution in [0.25, 0.3) is 0 Å². The van der Waals surface area contributed by atoms with Crippen molar-refractivity contribution in [1.29, 1.82) is 0 Å². The average molecular weight is 422 g/mol. The number of hydrogen-bond acceptors (Lipinski definition) is 3. The van der Waals surface area contributed by atoms with E-state index in [0.29, 0.717) is 32.2 Å². The summed E-state index contributed by atoms with van der Waals surface area (Å²) in [5, 5.41) is 2.55. The van der Waals surface area contributed by atoms with Crippen LogP contribution in [0.2, 0.25) is 0 Å². The first-order valence-electron chi connectivity index (χ1n) is 9.63. The number of carbonyl (C=O) groups is 1. The third-order valence-corrected chi connectivity index (χ3v) is 6.97. The third-order valence-electron chi connectivity index (χ3n) is 5.05. The summed E-state index contributed by atoms with van der Waals surface area (Å²) in [6, 6.07) is 12.8. The lowest BCUT2D eigenvalue weighted by Gasteiger charge is -2.31. The maximum Gasteiger partial charge on any atom is 0.228 e. The van der Waals surface area contributed by atoms with E-state index >= 15 is 0 Å². The number of sulfonamides is 1. The van der Waals surface area contributed by atoms with Crippen molar-refractivity contribution >= 4 is 21.6 Å². The summed E-state index contributed by atoms with van der Waals surface area (Å²) in [6.07, 6.45) is 2.31. The van der Waals surface area contributed by atoms with Gasteiger partial charge in [-0.1, -0.05) is 30.3 Å². The van der Waals surface area contributed by atoms with Gasteiger partial charge in [0.05, 0.1) is 11.7 Å². The summed E-state index contributed by atoms with van der Waals surface area (Å²) >= 11 is 0. The molecular weight excluding hydrogens is 398 g/mol. The van der Waals surface area contributed by atoms with Gasteiger partial charge < -0.3 is 5.32 Å². The summed E-state index contributed by atoms with van der Waals surface area (Å²) in [4.78, 5) is 12.5. The van der Waals surface area contributed by atoms with Crippen LogP contribution in [0, 0.1) is 17.6 Å². The lowest BCUT2D eigenvalue weighted by atomic mass is 9.98. The molecule has 0 spiro atoms. The SMILES string of the molecule is O=C(Nc1ccc(F)c(F)c1)C1CCCN(S(=O)(=O)CCCc2ccccc2)C1. The smallest absolute Gasteiger partial charge is 0.228 e. The minimum absolute atomic E-state index is 0.0272. The zero-order valence-corrected chi connectivity index (χ0v) is 16.8. The highest BCUT2D eigenvalue weighted by molar-refractivity contribution is 7.89. The molecule has 2 aromatic rings. The number of benzene rings is 2. The van der Waals surface area contributed by atoms with Gasteiger partial charge in [0, 0.05) is 24.8 Å². The van der Waals surface area contributed by atoms with Gasteiger partial charge in [-0.05, 0) is 43.4 Å². The van der Waals surface area contributed by atoms with Crippen LogP contribution >= 0.6 is 0 Å². The number of halogens is 2. The second-order valence-electron chi connectivity index (χ2n) is 7.22. The Hall–Kier alpha value is -2.32. The number of anilines is 1. The molecule has 1 heterocycles. The highest BCUT2D eigenvalue weighted by Gasteiger charge is 2.32. The molecular formula is C21H24F2N2O3S. The maximum atomic E-state index is 13.3. The van der Waals surface area contributed by atoms with Crippen molar-refractivity contribution in [3.05, 3.63) is 65.7 Å². The van der Waals surface area contributed by atoms with Crippen LogP contribution < -0.4 is 5.32 Å². The average Bonchev–Trinajstić information content (AvgIpc) is 2.71. The van der Waals surface area contributed by atoms with E-state index in [4.69, 9.17) is 0 Å². The Morgan fingerprint density at radius 2 is 1.86 bits per heavy atom. The van der Waals surface area contributed by atoms with Gasteiger partial charge in [0.2, 0.25) is 15.9 Å². The Morgan fingerprint density at radius 1 is 1.10 bits per heavy atom. The monoisotopic (exact) mass is 422 g/mol. The van der Waals surface area contributed by atoms with Gasteiger partial charge >= 0.3 is 0 Å². The molecule has 156 valence electrons. The van der Waals surface area contributed by atoms with Gasteiger partial charge in [0.15, 0.2) is 11.6 Å². The maximum absolute atomic E-state index is 13.3. The molecule has 1 aliphatic heterocycles. The van der Waals surface area contributed by atoms with Crippen LogP contribution in [-0.4, -0.2) is 37.5 Å². The number of hydrogen-bond donors (Lipinski definition) is 1. The largest absolute Gasteiger partial charge is 0.326 e. The number of rotatable bonds is 7. The van der Waals surface area contributed by atoms with E-state index in [2.05, 4.69) is 5.32 Å². The summed E-state index contributed by atoms with van der Waals surface area (Å²) in [6.45, 7) is 0.492. The Labute approximate surface area is 169 Å². The second-order valence-corrected chi connectivity index (χ2v) is 9.31. The number of carbonyl (C=O) groups excluding carboxylic acids is 1. The van der Waals surface area contributed by atoms with E-state index in [1.807, 2.05) is 30.3 Å². The van der Waals surface area contributed by atoms with Gasteiger partial charge in [-0.25, -0.2) is 21.5 Å². The standard InChI is InChI=1S/C21H24F2N2O3S/c22-19-11-10-18(14-20(19)23)24-21(26)17-9-4-12-25(15-17)29(27,28)13-5-8-16-6-2-1-3-7-16/h1-3,6-7,10-11,14,17H,4-5,8-9,12-13,15H2,(H,24,26). The van der Waals surface area contributed by atoms with Crippen molar-refractivity contribution < 1.29 is 22.0 Å². The van der Waals surface area contributed by atoms with E-state index in [-0.39, 0.29) is 23.9 Å². The molecule has 2 aromatic carbocycles. The van der Waals surface area contributed by atoms with Crippen LogP contribution in [0.1, 0.15) is 24.8 Å². The fourth-order valence-corrected chi connectivity index (χ4v) is 5.04. The highest BCUT2D eigenvalue weighted by Crippen LogP contribution is 2.22. The minimum Gasteiger partial charge on any atom is -0.326 e. The molecule has 0 saturated carbocycles. The Morgan fingerprint density at radius 3 is 2.59 bits per heavy atom. The molecule has 3 rings (SSSR count). The van der Waals surface area contributed by atoms with Crippen molar-refractivity contribution in [3.63, 3.8) is 0 Å². The molecule has 1 atom stereocenters. The van der Waals surface area contributed by atoms with E-state index < -0.39 is 27.6 Å². The first-order chi connectivity index (χ1) is 13.8. The van der Waals surface area contributed by atoms with Gasteiger partial charge in [0.25, 0.3) is 0 Å². The zero-order valence-electron chi connectivity index (χ0n) is 16.0. The predicted octanol–water partition coefficient (Wildman–Crippen LogP) is 3.58. The van der Waals surface area contributed by atoms with E-state index in [1.54, 1.807) is 0 Å². The molecule has 1 saturated heterocycles. The quantitative estimate of drug-likeness (QED) is 0.742. The number of piperidine rings is 1. The molecule has 1 amide bonds. The van der Waals surface area contributed by atoms with Gasteiger partial charge in [-0.3, -0.25) is 4.79 Å². The minimum atomic E-state index is -3.46. The molecule has 0 aromatic heterocycles. The molecule has 1 N–H and O–H groups in total. The Balaban J connectivity index is 1.55. The summed E-state index contributed by atoms with van der Waals surface area (Å²) < 4.78 is 53.1. The molecule has 5 nitrogen and oxygen atoms in total. The zero-order chi connectivity index (χ0) is 20.9. The first-order valence-corrected chi connectivity index (χ1v) is 11.2. The van der Waals surface area contributed by atoms with Crippen molar-refractivity contribution in [3.8, 4) is 0 Å². The Kier molecular flexibility index (Phi) is 6.97. The molecule has 29 heavy (non-hydrogen) atoms. The molecule has 8 heteroatoms. The number of nitrogens with one attached hydrogen (secondary N) is 1. The van der Waals surface area contributed by atoms with Crippen LogP contribution in [0.3, 0.4) is 0 Å². The number of nitrogens with zero attached hydrogens (tertiary/aromatic N) is 1. The lowest BCUT2D eigenvalue weighted by molar-refractivity contribution is -0.120. The fraction of sp³-hybridized carbons (Fsp3) is 0.381. The number of amides is 1. The lowest BCUT2D eigenvalue weighted by Crippen LogP contribution is -2.44. The van der Waals surface area contributed by atoms with E-state index in [0.717, 1.165) is 17.7 Å². The fourth-order valence-electron chi connectivity index (χ4n) is 3.46. The summed E-state index contributed by atoms with van der Waals surface area (Å²) in [7, 11) is -3.46. The predicted molar refractivity (Wildman–Crippen MR) is 108 cm³/mol. The molecule has 0 bridgehead atoms. The molecule has 1 unspecified atom stereocenters. The van der Waals surface area contributed by atoms with E-state index in [9.17, 15) is 22.0 Å². The van der Waals surface area contributed by atoms with Crippen molar-refractivity contribution in [2.75, 3.05) is 24.2 Å². The summed E-state index contributed by atoms with van der Waals surface area (Å²) in [5.41, 5.74) is 1.24. The topological polar surface area (TPSA) is 66.5 Å². The van der Waals surface area contributed by atoms with Crippen LogP contribution in [-0.2, 0) is 21.2 Å². The second kappa shape index (κ2) is 9.45. The van der Waals surface area contributed by atoms with Gasteiger partial charge in [0.1, 0.15) is 0 Å². The van der Waals surface area contributed by atoms with Crippen LogP contribution in [0.5, 0.6) is 0 Å². The van der Waals surface area contributed by atoms with Gasteiger partial charge in [-0.2, -0.15) is 0 Å². The highest BCUT2D eigenvalue weighted by atomic mass is 32.2. The molecule has 0 radical (unpaired) electrons. The van der Waals surface area contributed by atoms with Crippen LogP contribution in [0.15, 0.2) is 48.5 Å². The van der Waals surface area contributed by atoms with Gasteiger partial charge in [-0.15, -0.1) is 0 Å². The van der Waals surface area contributed by atoms with Crippen molar-refractivity contribution in [2.45, 2.75) is 25.7 Å². The molecule has 0 aliphatic carbocycles.